The lowest BCUT2D eigenvalue weighted by Crippen LogP contribution is -2.49. The molecule has 0 bridgehead atoms. The molecule has 2 N–H and O–H groups in total. The van der Waals surface area contributed by atoms with Crippen LogP contribution in [0.25, 0.3) is 0 Å². The van der Waals surface area contributed by atoms with Crippen molar-refractivity contribution in [1.29, 1.82) is 0 Å². The normalized spacial score (nSPS) is 17.0. The predicted molar refractivity (Wildman–Crippen MR) is 187 cm³/mol. The first-order chi connectivity index (χ1) is 22.8. The molecule has 0 unspecified atom stereocenters. The molecule has 0 saturated heterocycles. The van der Waals surface area contributed by atoms with Gasteiger partial charge in [0.1, 0.15) is 5.75 Å². The maximum atomic E-state index is 14.7. The summed E-state index contributed by atoms with van der Waals surface area (Å²) < 4.78 is 30.7. The standard InChI is InChI=1S/C36H36Br2N2O7/c1-43-30-19-23(20-31(44-2)32(30)45-3)22-39-35(42)36(21-26-7-4-5-8-29(26)38)33(24-9-13-27(37)14-10-24)47-34(40-36)25-11-15-28(16-12-25)46-18-6-17-41/h4-5,7-16,19-20,33,41H,6,17-18,21-22H2,1-3H3,(H,39,42)/t33-,36-/m1/s1. The van der Waals surface area contributed by atoms with Crippen molar-refractivity contribution in [2.24, 2.45) is 4.99 Å². The number of aliphatic imine (C=N–C) groups is 1. The third kappa shape index (κ3) is 7.75. The number of amides is 1. The SMILES string of the molecule is COc1cc(CNC(=O)[C@]2(Cc3ccccc3Br)N=C(c3ccc(OCCCO)cc3)O[C@@H]2c2ccc(Br)cc2)cc(OC)c1OC. The Kier molecular flexibility index (Phi) is 11.4. The van der Waals surface area contributed by atoms with Crippen molar-refractivity contribution in [2.45, 2.75) is 31.0 Å². The van der Waals surface area contributed by atoms with Gasteiger partial charge in [-0.25, -0.2) is 4.99 Å². The van der Waals surface area contributed by atoms with Gasteiger partial charge in [-0.15, -0.1) is 0 Å². The highest BCUT2D eigenvalue weighted by atomic mass is 79.9. The molecule has 0 fully saturated rings. The van der Waals surface area contributed by atoms with Crippen LogP contribution in [0.2, 0.25) is 0 Å². The number of aliphatic hydroxyl groups is 1. The van der Waals surface area contributed by atoms with Gasteiger partial charge in [0.05, 0.1) is 27.9 Å². The highest BCUT2D eigenvalue weighted by molar-refractivity contribution is 9.10. The molecule has 0 radical (unpaired) electrons. The number of rotatable bonds is 14. The Morgan fingerprint density at radius 1 is 0.936 bits per heavy atom. The van der Waals surface area contributed by atoms with Gasteiger partial charge in [0.25, 0.3) is 5.91 Å². The lowest BCUT2D eigenvalue weighted by atomic mass is 9.82. The molecule has 1 aliphatic rings. The predicted octanol–water partition coefficient (Wildman–Crippen LogP) is 6.81. The van der Waals surface area contributed by atoms with Gasteiger partial charge < -0.3 is 34.1 Å². The van der Waals surface area contributed by atoms with Gasteiger partial charge in [-0.2, -0.15) is 0 Å². The van der Waals surface area contributed by atoms with Gasteiger partial charge in [-0.1, -0.05) is 62.2 Å². The third-order valence-electron chi connectivity index (χ3n) is 7.80. The average Bonchev–Trinajstić information content (AvgIpc) is 3.48. The van der Waals surface area contributed by atoms with Gasteiger partial charge in [-0.3, -0.25) is 4.79 Å². The van der Waals surface area contributed by atoms with E-state index in [1.54, 1.807) is 33.5 Å². The number of ether oxygens (including phenoxy) is 5. The first-order valence-corrected chi connectivity index (χ1v) is 16.6. The van der Waals surface area contributed by atoms with Crippen molar-refractivity contribution in [3.8, 4) is 23.0 Å². The second-order valence-corrected chi connectivity index (χ2v) is 12.6. The summed E-state index contributed by atoms with van der Waals surface area (Å²) in [6.45, 7) is 0.632. The number of hydrogen-bond donors (Lipinski definition) is 2. The van der Waals surface area contributed by atoms with Crippen molar-refractivity contribution in [3.63, 3.8) is 0 Å². The Bertz CT molecular complexity index is 1690. The summed E-state index contributed by atoms with van der Waals surface area (Å²) in [6, 6.07) is 26.5. The van der Waals surface area contributed by atoms with Crippen LogP contribution in [0.15, 0.2) is 98.9 Å². The summed E-state index contributed by atoms with van der Waals surface area (Å²) in [5.74, 6) is 2.13. The maximum Gasteiger partial charge on any atom is 0.252 e. The fraction of sp³-hybridized carbons (Fsp3) is 0.278. The van der Waals surface area contributed by atoms with Gasteiger partial charge in [-0.05, 0) is 71.3 Å². The molecule has 1 heterocycles. The summed E-state index contributed by atoms with van der Waals surface area (Å²) in [4.78, 5) is 19.8. The Hall–Kier alpha value is -4.06. The Balaban J connectivity index is 1.56. The number of hydrogen-bond acceptors (Lipinski definition) is 8. The number of aliphatic hydroxyl groups excluding tert-OH is 1. The molecule has 4 aromatic carbocycles. The summed E-state index contributed by atoms with van der Waals surface area (Å²) in [5.41, 5.74) is 1.77. The Morgan fingerprint density at radius 2 is 1.62 bits per heavy atom. The van der Waals surface area contributed by atoms with E-state index >= 15 is 0 Å². The van der Waals surface area contributed by atoms with E-state index < -0.39 is 11.6 Å². The lowest BCUT2D eigenvalue weighted by molar-refractivity contribution is -0.129. The molecular weight excluding hydrogens is 732 g/mol. The van der Waals surface area contributed by atoms with E-state index in [9.17, 15) is 4.79 Å². The zero-order chi connectivity index (χ0) is 33.4. The molecular formula is C36H36Br2N2O7. The molecule has 2 atom stereocenters. The third-order valence-corrected chi connectivity index (χ3v) is 9.10. The van der Waals surface area contributed by atoms with Gasteiger partial charge in [0.2, 0.25) is 11.6 Å². The first kappa shape index (κ1) is 34.3. The molecule has 246 valence electrons. The molecule has 0 saturated carbocycles. The number of benzene rings is 4. The molecule has 5 rings (SSSR count). The quantitative estimate of drug-likeness (QED) is 0.136. The highest BCUT2D eigenvalue weighted by Crippen LogP contribution is 2.44. The van der Waals surface area contributed by atoms with Gasteiger partial charge >= 0.3 is 0 Å². The van der Waals surface area contributed by atoms with E-state index in [0.29, 0.717) is 47.5 Å². The average molecular weight is 768 g/mol. The summed E-state index contributed by atoms with van der Waals surface area (Å²) >= 11 is 7.21. The van der Waals surface area contributed by atoms with E-state index in [-0.39, 0.29) is 25.5 Å². The van der Waals surface area contributed by atoms with Crippen LogP contribution in [0.5, 0.6) is 23.0 Å². The van der Waals surface area contributed by atoms with E-state index in [4.69, 9.17) is 33.8 Å². The summed E-state index contributed by atoms with van der Waals surface area (Å²) in [6.07, 6.45) is 0.0373. The van der Waals surface area contributed by atoms with E-state index in [1.165, 1.54) is 0 Å². The Labute approximate surface area is 291 Å². The molecule has 47 heavy (non-hydrogen) atoms. The summed E-state index contributed by atoms with van der Waals surface area (Å²) in [7, 11) is 4.65. The minimum absolute atomic E-state index is 0.0569. The number of nitrogens with zero attached hydrogens (tertiary/aromatic N) is 1. The largest absolute Gasteiger partial charge is 0.494 e. The first-order valence-electron chi connectivity index (χ1n) is 15.0. The molecule has 0 spiro atoms. The molecule has 0 aromatic heterocycles. The second-order valence-electron chi connectivity index (χ2n) is 10.8. The number of nitrogens with one attached hydrogen (secondary N) is 1. The molecule has 1 amide bonds. The number of carbonyl (C=O) groups is 1. The minimum atomic E-state index is -1.38. The van der Waals surface area contributed by atoms with Gasteiger partial charge in [0.15, 0.2) is 23.1 Å². The van der Waals surface area contributed by atoms with Crippen LogP contribution < -0.4 is 24.3 Å². The molecule has 11 heteroatoms. The topological polar surface area (TPSA) is 108 Å². The van der Waals surface area contributed by atoms with Crippen LogP contribution in [0.4, 0.5) is 0 Å². The van der Waals surface area contributed by atoms with Crippen molar-refractivity contribution >= 4 is 43.7 Å². The second kappa shape index (κ2) is 15.7. The minimum Gasteiger partial charge on any atom is -0.494 e. The van der Waals surface area contributed by atoms with E-state index in [2.05, 4.69) is 37.2 Å². The monoisotopic (exact) mass is 766 g/mol. The van der Waals surface area contributed by atoms with Crippen LogP contribution in [0, 0.1) is 0 Å². The molecule has 0 aliphatic carbocycles. The van der Waals surface area contributed by atoms with Crippen molar-refractivity contribution in [3.05, 3.63) is 116 Å². The Morgan fingerprint density at radius 3 is 2.23 bits per heavy atom. The molecule has 1 aliphatic heterocycles. The number of halogens is 2. The zero-order valence-electron chi connectivity index (χ0n) is 26.3. The number of carbonyl (C=O) groups excluding carboxylic acids is 1. The lowest BCUT2D eigenvalue weighted by Gasteiger charge is -2.31. The fourth-order valence-electron chi connectivity index (χ4n) is 5.42. The summed E-state index contributed by atoms with van der Waals surface area (Å²) in [5, 5.41) is 12.2. The van der Waals surface area contributed by atoms with E-state index in [1.807, 2.05) is 72.8 Å². The van der Waals surface area contributed by atoms with Crippen LogP contribution in [0.3, 0.4) is 0 Å². The van der Waals surface area contributed by atoms with Crippen molar-refractivity contribution in [1.82, 2.24) is 5.32 Å². The van der Waals surface area contributed by atoms with Crippen LogP contribution in [-0.4, -0.2) is 57.0 Å². The highest BCUT2D eigenvalue weighted by Gasteiger charge is 2.53. The zero-order valence-corrected chi connectivity index (χ0v) is 29.5. The smallest absolute Gasteiger partial charge is 0.252 e. The van der Waals surface area contributed by atoms with Crippen LogP contribution >= 0.6 is 31.9 Å². The number of methoxy groups -OCH3 is 3. The fourth-order valence-corrected chi connectivity index (χ4v) is 6.11. The van der Waals surface area contributed by atoms with Crippen molar-refractivity contribution in [2.75, 3.05) is 34.5 Å². The van der Waals surface area contributed by atoms with Gasteiger partial charge in [0, 0.05) is 40.5 Å². The molecule has 9 nitrogen and oxygen atoms in total. The van der Waals surface area contributed by atoms with Crippen LogP contribution in [0.1, 0.15) is 34.8 Å². The van der Waals surface area contributed by atoms with Crippen LogP contribution in [-0.2, 0) is 22.5 Å². The molecule has 4 aromatic rings. The maximum absolute atomic E-state index is 14.7. The van der Waals surface area contributed by atoms with Crippen molar-refractivity contribution < 1.29 is 33.6 Å². The van der Waals surface area contributed by atoms with E-state index in [0.717, 1.165) is 25.6 Å².